The number of pyridine rings is 2. The molecule has 5 aromatic rings. The zero-order valence-corrected chi connectivity index (χ0v) is 12.7. The number of benzene rings is 2. The van der Waals surface area contributed by atoms with Gasteiger partial charge in [-0.3, -0.25) is 20.1 Å². The van der Waals surface area contributed by atoms with E-state index in [9.17, 15) is 10.1 Å². The standard InChI is InChI=1S/C18H9N5O2/c24-23(25)13-7-1-6-12-18(13)22-17-11-5-3-9-20-15(11)14-10(16(17)21-12)4-2-8-19-14/h1-9H. The summed E-state index contributed by atoms with van der Waals surface area (Å²) in [4.78, 5) is 29.1. The number of hydrogen-bond donors (Lipinski definition) is 0. The molecule has 0 spiro atoms. The van der Waals surface area contributed by atoms with Crippen LogP contribution in [0.3, 0.4) is 0 Å². The molecule has 25 heavy (non-hydrogen) atoms. The monoisotopic (exact) mass is 327 g/mol. The van der Waals surface area contributed by atoms with Gasteiger partial charge in [0.15, 0.2) is 5.52 Å². The Kier molecular flexibility index (Phi) is 2.67. The van der Waals surface area contributed by atoms with Crippen LogP contribution in [0, 0.1) is 10.1 Å². The van der Waals surface area contributed by atoms with Crippen molar-refractivity contribution in [3.63, 3.8) is 0 Å². The number of nitro groups is 1. The van der Waals surface area contributed by atoms with E-state index in [2.05, 4.69) is 19.9 Å². The molecule has 0 atom stereocenters. The largest absolute Gasteiger partial charge is 0.297 e. The SMILES string of the molecule is O=[N+]([O-])c1cccc2nc3c4cccnc4c4ncccc4c3nc12. The Morgan fingerprint density at radius 2 is 1.36 bits per heavy atom. The lowest BCUT2D eigenvalue weighted by Gasteiger charge is -2.08. The molecule has 0 aliphatic carbocycles. The van der Waals surface area contributed by atoms with Gasteiger partial charge in [-0.05, 0) is 30.3 Å². The molecule has 0 N–H and O–H groups in total. The second-order valence-electron chi connectivity index (χ2n) is 5.62. The molecule has 0 unspecified atom stereocenters. The fourth-order valence-corrected chi connectivity index (χ4v) is 3.16. The Morgan fingerprint density at radius 3 is 2.00 bits per heavy atom. The number of para-hydroxylation sites is 1. The molecule has 0 fully saturated rings. The van der Waals surface area contributed by atoms with Crippen LogP contribution in [0.2, 0.25) is 0 Å². The van der Waals surface area contributed by atoms with Crippen LogP contribution in [0.25, 0.3) is 43.9 Å². The van der Waals surface area contributed by atoms with Crippen LogP contribution in [0.15, 0.2) is 54.9 Å². The Hall–Kier alpha value is -3.74. The van der Waals surface area contributed by atoms with Crippen LogP contribution in [-0.2, 0) is 0 Å². The van der Waals surface area contributed by atoms with Gasteiger partial charge in [-0.15, -0.1) is 0 Å². The first-order chi connectivity index (χ1) is 12.2. The molecular weight excluding hydrogens is 318 g/mol. The van der Waals surface area contributed by atoms with E-state index >= 15 is 0 Å². The summed E-state index contributed by atoms with van der Waals surface area (Å²) in [7, 11) is 0. The van der Waals surface area contributed by atoms with E-state index in [1.165, 1.54) is 6.07 Å². The number of hydrogen-bond acceptors (Lipinski definition) is 6. The highest BCUT2D eigenvalue weighted by molar-refractivity contribution is 6.21. The van der Waals surface area contributed by atoms with Crippen molar-refractivity contribution < 1.29 is 4.92 Å². The molecule has 0 saturated carbocycles. The number of nitro benzene ring substituents is 1. The Morgan fingerprint density at radius 1 is 0.720 bits per heavy atom. The Balaban J connectivity index is 2.11. The van der Waals surface area contributed by atoms with Crippen LogP contribution in [0.1, 0.15) is 0 Å². The summed E-state index contributed by atoms with van der Waals surface area (Å²) < 4.78 is 0. The molecule has 118 valence electrons. The maximum absolute atomic E-state index is 11.3. The van der Waals surface area contributed by atoms with Gasteiger partial charge in [-0.1, -0.05) is 6.07 Å². The van der Waals surface area contributed by atoms with E-state index in [0.717, 1.165) is 16.3 Å². The van der Waals surface area contributed by atoms with Gasteiger partial charge in [-0.2, -0.15) is 0 Å². The minimum atomic E-state index is -0.439. The zero-order valence-electron chi connectivity index (χ0n) is 12.7. The average molecular weight is 327 g/mol. The first-order valence-corrected chi connectivity index (χ1v) is 7.60. The van der Waals surface area contributed by atoms with Crippen LogP contribution in [-0.4, -0.2) is 24.9 Å². The summed E-state index contributed by atoms with van der Waals surface area (Å²) in [5.74, 6) is 0. The molecule has 0 amide bonds. The molecule has 3 aromatic heterocycles. The van der Waals surface area contributed by atoms with E-state index in [4.69, 9.17) is 0 Å². The molecule has 7 nitrogen and oxygen atoms in total. The smallest absolute Gasteiger partial charge is 0.258 e. The van der Waals surface area contributed by atoms with Gasteiger partial charge in [0.1, 0.15) is 0 Å². The van der Waals surface area contributed by atoms with E-state index in [1.807, 2.05) is 24.3 Å². The van der Waals surface area contributed by atoms with Crippen LogP contribution in [0.4, 0.5) is 5.69 Å². The molecule has 7 heteroatoms. The first-order valence-electron chi connectivity index (χ1n) is 7.60. The van der Waals surface area contributed by atoms with Crippen molar-refractivity contribution in [2.45, 2.75) is 0 Å². The zero-order chi connectivity index (χ0) is 17.0. The van der Waals surface area contributed by atoms with Gasteiger partial charge < -0.3 is 0 Å². The van der Waals surface area contributed by atoms with Crippen molar-refractivity contribution in [2.24, 2.45) is 0 Å². The van der Waals surface area contributed by atoms with Gasteiger partial charge in [0, 0.05) is 29.2 Å². The molecule has 2 aromatic carbocycles. The second-order valence-corrected chi connectivity index (χ2v) is 5.62. The molecule has 0 aliphatic heterocycles. The summed E-state index contributed by atoms with van der Waals surface area (Å²) in [6.45, 7) is 0. The second kappa shape index (κ2) is 4.88. The minimum Gasteiger partial charge on any atom is -0.258 e. The molecule has 0 saturated heterocycles. The van der Waals surface area contributed by atoms with Crippen molar-refractivity contribution in [1.29, 1.82) is 0 Å². The van der Waals surface area contributed by atoms with E-state index < -0.39 is 4.92 Å². The first kappa shape index (κ1) is 13.7. The number of nitrogens with zero attached hydrogens (tertiary/aromatic N) is 5. The molecule has 5 rings (SSSR count). The van der Waals surface area contributed by atoms with Crippen molar-refractivity contribution in [3.8, 4) is 0 Å². The van der Waals surface area contributed by atoms with Crippen LogP contribution < -0.4 is 0 Å². The molecule has 0 radical (unpaired) electrons. The highest BCUT2D eigenvalue weighted by Gasteiger charge is 2.18. The van der Waals surface area contributed by atoms with Crippen LogP contribution >= 0.6 is 0 Å². The summed E-state index contributed by atoms with van der Waals surface area (Å²) in [5.41, 5.74) is 3.39. The van der Waals surface area contributed by atoms with Gasteiger partial charge in [0.05, 0.1) is 32.5 Å². The number of fused-ring (bicyclic) bond motifs is 7. The predicted octanol–water partition coefficient (Wildman–Crippen LogP) is 3.79. The molecular formula is C18H9N5O2. The maximum atomic E-state index is 11.3. The van der Waals surface area contributed by atoms with Crippen LogP contribution in [0.5, 0.6) is 0 Å². The topological polar surface area (TPSA) is 94.7 Å². The maximum Gasteiger partial charge on any atom is 0.297 e. The highest BCUT2D eigenvalue weighted by atomic mass is 16.6. The third-order valence-electron chi connectivity index (χ3n) is 4.22. The molecule has 3 heterocycles. The fraction of sp³-hybridized carbons (Fsp3) is 0. The Bertz CT molecular complexity index is 1330. The number of aromatic nitrogens is 4. The Labute approximate surface area is 140 Å². The fourth-order valence-electron chi connectivity index (χ4n) is 3.16. The minimum absolute atomic E-state index is 0.0600. The van der Waals surface area contributed by atoms with Crippen molar-refractivity contribution in [2.75, 3.05) is 0 Å². The number of non-ortho nitro benzene ring substituents is 1. The number of rotatable bonds is 1. The predicted molar refractivity (Wildman–Crippen MR) is 94.3 cm³/mol. The van der Waals surface area contributed by atoms with E-state index in [-0.39, 0.29) is 11.2 Å². The lowest BCUT2D eigenvalue weighted by Crippen LogP contribution is -1.96. The third-order valence-corrected chi connectivity index (χ3v) is 4.22. The van der Waals surface area contributed by atoms with E-state index in [1.54, 1.807) is 24.5 Å². The highest BCUT2D eigenvalue weighted by Crippen LogP contribution is 2.33. The van der Waals surface area contributed by atoms with E-state index in [0.29, 0.717) is 22.1 Å². The van der Waals surface area contributed by atoms with Gasteiger partial charge in [0.2, 0.25) is 0 Å². The summed E-state index contributed by atoms with van der Waals surface area (Å²) in [5, 5.41) is 12.9. The van der Waals surface area contributed by atoms with Crippen molar-refractivity contribution >= 4 is 49.6 Å². The summed E-state index contributed by atoms with van der Waals surface area (Å²) in [6, 6.07) is 12.2. The van der Waals surface area contributed by atoms with Gasteiger partial charge >= 0.3 is 0 Å². The molecule has 0 aliphatic rings. The molecule has 0 bridgehead atoms. The van der Waals surface area contributed by atoms with Gasteiger partial charge in [-0.25, -0.2) is 9.97 Å². The van der Waals surface area contributed by atoms with Crippen molar-refractivity contribution in [1.82, 2.24) is 19.9 Å². The van der Waals surface area contributed by atoms with Crippen molar-refractivity contribution in [3.05, 3.63) is 65.0 Å². The summed E-state index contributed by atoms with van der Waals surface area (Å²) >= 11 is 0. The normalized spacial score (nSPS) is 11.5. The van der Waals surface area contributed by atoms with Gasteiger partial charge in [0.25, 0.3) is 5.69 Å². The summed E-state index contributed by atoms with van der Waals surface area (Å²) in [6.07, 6.45) is 3.40. The lowest BCUT2D eigenvalue weighted by atomic mass is 10.1. The average Bonchev–Trinajstić information content (AvgIpc) is 2.66. The lowest BCUT2D eigenvalue weighted by molar-refractivity contribution is -0.383. The third kappa shape index (κ3) is 1.86. The quantitative estimate of drug-likeness (QED) is 0.201.